The number of methoxy groups -OCH3 is 1. The van der Waals surface area contributed by atoms with E-state index in [4.69, 9.17) is 37.0 Å². The first kappa shape index (κ1) is 28.3. The number of hydrogen-bond donors (Lipinski definition) is 3. The summed E-state index contributed by atoms with van der Waals surface area (Å²) in [5.74, 6) is -0.912. The van der Waals surface area contributed by atoms with Gasteiger partial charge < -0.3 is 19.1 Å². The lowest BCUT2D eigenvalue weighted by Crippen LogP contribution is -2.43. The molecule has 6 atom stereocenters. The van der Waals surface area contributed by atoms with E-state index in [9.17, 15) is 24.1 Å². The van der Waals surface area contributed by atoms with Gasteiger partial charge >= 0.3 is 19.4 Å². The summed E-state index contributed by atoms with van der Waals surface area (Å²) >= 11 is 12.0. The normalized spacial score (nSPS) is 26.2. The molecule has 2 aromatic rings. The first-order valence-electron chi connectivity index (χ1n) is 10.4. The van der Waals surface area contributed by atoms with E-state index in [0.717, 1.165) is 30.9 Å². The van der Waals surface area contributed by atoms with Gasteiger partial charge in [0.15, 0.2) is 11.9 Å². The number of H-pyrrole nitrogens is 1. The predicted octanol–water partition coefficient (Wildman–Crippen LogP) is 2.18. The number of hydrogen-bond acceptors (Lipinski definition) is 9. The zero-order chi connectivity index (χ0) is 26.8. The third-order valence-electron chi connectivity index (χ3n) is 5.25. The van der Waals surface area contributed by atoms with E-state index in [1.165, 1.54) is 25.1 Å². The molecule has 0 radical (unpaired) electrons. The van der Waals surface area contributed by atoms with Crippen LogP contribution < -0.4 is 20.9 Å². The van der Waals surface area contributed by atoms with Crippen LogP contribution in [0.25, 0.3) is 0 Å². The van der Waals surface area contributed by atoms with Crippen LogP contribution >= 0.6 is 30.9 Å². The molecule has 12 nitrogen and oxygen atoms in total. The Labute approximate surface area is 213 Å². The summed E-state index contributed by atoms with van der Waals surface area (Å²) < 4.78 is 50.7. The third kappa shape index (κ3) is 6.17. The number of esters is 1. The molecule has 0 amide bonds. The molecule has 0 aliphatic carbocycles. The molecule has 0 bridgehead atoms. The summed E-state index contributed by atoms with van der Waals surface area (Å²) in [5, 5.41) is 13.2. The van der Waals surface area contributed by atoms with Crippen LogP contribution in [0.3, 0.4) is 0 Å². The van der Waals surface area contributed by atoms with E-state index >= 15 is 4.39 Å². The molecule has 198 valence electrons. The average molecular weight is 570 g/mol. The lowest BCUT2D eigenvalue weighted by molar-refractivity contribution is -0.142. The number of rotatable bonds is 9. The second kappa shape index (κ2) is 11.0. The number of nitrogens with zero attached hydrogens (tertiary/aromatic N) is 1. The zero-order valence-electron chi connectivity index (χ0n) is 19.1. The Morgan fingerprint density at radius 1 is 1.39 bits per heavy atom. The smallest absolute Gasteiger partial charge is 0.459 e. The summed E-state index contributed by atoms with van der Waals surface area (Å²) in [6.45, 7) is 1.60. The molecule has 1 fully saturated rings. The maximum absolute atomic E-state index is 15.4. The van der Waals surface area contributed by atoms with Gasteiger partial charge in [0, 0.05) is 17.3 Å². The third-order valence-corrected chi connectivity index (χ3v) is 7.41. The van der Waals surface area contributed by atoms with E-state index in [1.807, 2.05) is 4.98 Å². The van der Waals surface area contributed by atoms with Crippen molar-refractivity contribution in [1.82, 2.24) is 14.6 Å². The Balaban J connectivity index is 1.84. The van der Waals surface area contributed by atoms with Crippen LogP contribution in [0.1, 0.15) is 20.1 Å². The maximum Gasteiger partial charge on any atom is 0.459 e. The molecule has 1 aromatic heterocycles. The number of alkyl halides is 1. The number of aliphatic hydroxyl groups excluding tert-OH is 1. The minimum Gasteiger partial charge on any atom is -0.468 e. The standard InChI is InChI=1S/C20H23Cl2FN3O9P/c1-10(17(29)32-3)25-36(31,35-13-5-4-11(21)8-12(13)22)33-9-14-16(28)20(2,23)18(34-14)26-7-6-15(27)24-19(26)30/h4-8,10,14,16,18,28H,9H2,1-3H3,(H,25,31)(H,24,27,30)/t10-,14+,16+,18+,20?,36?/m0/s1. The number of aromatic amines is 1. The summed E-state index contributed by atoms with van der Waals surface area (Å²) in [5.41, 5.74) is -4.20. The van der Waals surface area contributed by atoms with Gasteiger partial charge in [-0.05, 0) is 32.0 Å². The van der Waals surface area contributed by atoms with Crippen molar-refractivity contribution in [2.75, 3.05) is 13.7 Å². The fraction of sp³-hybridized carbons (Fsp3) is 0.450. The molecule has 0 saturated carbocycles. The first-order valence-corrected chi connectivity index (χ1v) is 12.7. The number of benzene rings is 1. The quantitative estimate of drug-likeness (QED) is 0.302. The van der Waals surface area contributed by atoms with Gasteiger partial charge in [-0.2, -0.15) is 5.09 Å². The average Bonchev–Trinajstić information content (AvgIpc) is 3.02. The molecule has 3 rings (SSSR count). The highest BCUT2D eigenvalue weighted by Crippen LogP contribution is 2.49. The number of nitrogens with one attached hydrogen (secondary N) is 2. The Morgan fingerprint density at radius 3 is 2.69 bits per heavy atom. The molecule has 2 heterocycles. The van der Waals surface area contributed by atoms with Crippen LogP contribution in [0.4, 0.5) is 4.39 Å². The number of halogens is 3. The fourth-order valence-corrected chi connectivity index (χ4v) is 5.39. The highest BCUT2D eigenvalue weighted by Gasteiger charge is 2.56. The number of carbonyl (C=O) groups is 1. The molecule has 1 aliphatic rings. The van der Waals surface area contributed by atoms with Gasteiger partial charge in [-0.15, -0.1) is 0 Å². The summed E-state index contributed by atoms with van der Waals surface area (Å²) in [6, 6.07) is 3.83. The van der Waals surface area contributed by atoms with Crippen molar-refractivity contribution in [1.29, 1.82) is 0 Å². The van der Waals surface area contributed by atoms with Gasteiger partial charge in [0.05, 0.1) is 18.7 Å². The molecule has 2 unspecified atom stereocenters. The largest absolute Gasteiger partial charge is 0.468 e. The Morgan fingerprint density at radius 2 is 2.08 bits per heavy atom. The van der Waals surface area contributed by atoms with E-state index < -0.39 is 61.7 Å². The SMILES string of the molecule is COC(=O)[C@H](C)NP(=O)(OC[C@H]1O[C@@H](n2ccc(=O)[nH]c2=O)C(C)(F)[C@@H]1O)Oc1ccc(Cl)cc1Cl. The molecular formula is C20H23Cl2FN3O9P. The number of aliphatic hydroxyl groups is 1. The number of carbonyl (C=O) groups excluding carboxylic acids is 1. The van der Waals surface area contributed by atoms with E-state index in [2.05, 4.69) is 9.82 Å². The second-order valence-corrected chi connectivity index (χ2v) is 10.5. The number of ether oxygens (including phenoxy) is 2. The van der Waals surface area contributed by atoms with Crippen molar-refractivity contribution in [2.24, 2.45) is 0 Å². The van der Waals surface area contributed by atoms with E-state index in [0.29, 0.717) is 0 Å². The van der Waals surface area contributed by atoms with Crippen molar-refractivity contribution < 1.29 is 37.4 Å². The Kier molecular flexibility index (Phi) is 8.67. The van der Waals surface area contributed by atoms with Gasteiger partial charge in [-0.3, -0.25) is 23.7 Å². The summed E-state index contributed by atoms with van der Waals surface area (Å²) in [7, 11) is -3.33. The first-order chi connectivity index (χ1) is 16.8. The lowest BCUT2D eigenvalue weighted by atomic mass is 9.98. The van der Waals surface area contributed by atoms with Crippen LogP contribution in [-0.2, 0) is 23.4 Å². The lowest BCUT2D eigenvalue weighted by Gasteiger charge is -2.25. The summed E-state index contributed by atoms with van der Waals surface area (Å²) in [4.78, 5) is 37.3. The Hall–Kier alpha value is -2.25. The summed E-state index contributed by atoms with van der Waals surface area (Å²) in [6.07, 6.45) is -3.95. The topological polar surface area (TPSA) is 158 Å². The highest BCUT2D eigenvalue weighted by molar-refractivity contribution is 7.52. The van der Waals surface area contributed by atoms with Gasteiger partial charge in [0.1, 0.15) is 24.0 Å². The molecule has 16 heteroatoms. The van der Waals surface area contributed by atoms with Crippen LogP contribution in [-0.4, -0.2) is 58.3 Å². The van der Waals surface area contributed by atoms with Crippen molar-refractivity contribution in [3.8, 4) is 5.75 Å². The van der Waals surface area contributed by atoms with Crippen molar-refractivity contribution >= 4 is 36.9 Å². The van der Waals surface area contributed by atoms with E-state index in [1.54, 1.807) is 0 Å². The minimum atomic E-state index is -4.44. The molecule has 0 spiro atoms. The molecular weight excluding hydrogens is 547 g/mol. The fourth-order valence-electron chi connectivity index (χ4n) is 3.37. The minimum absolute atomic E-state index is 0.0233. The second-order valence-electron chi connectivity index (χ2n) is 7.97. The molecule has 1 aromatic carbocycles. The van der Waals surface area contributed by atoms with Gasteiger partial charge in [0.25, 0.3) is 5.56 Å². The van der Waals surface area contributed by atoms with Gasteiger partial charge in [-0.25, -0.2) is 13.8 Å². The van der Waals surface area contributed by atoms with Gasteiger partial charge in [0.2, 0.25) is 0 Å². The monoisotopic (exact) mass is 569 g/mol. The van der Waals surface area contributed by atoms with E-state index in [-0.39, 0.29) is 15.8 Å². The van der Waals surface area contributed by atoms with Crippen LogP contribution in [0.15, 0.2) is 40.1 Å². The van der Waals surface area contributed by atoms with Crippen LogP contribution in [0.2, 0.25) is 10.0 Å². The maximum atomic E-state index is 15.4. The molecule has 1 aliphatic heterocycles. The van der Waals surface area contributed by atoms with Crippen molar-refractivity contribution in [3.05, 3.63) is 61.3 Å². The molecule has 36 heavy (non-hydrogen) atoms. The zero-order valence-corrected chi connectivity index (χ0v) is 21.6. The predicted molar refractivity (Wildman–Crippen MR) is 126 cm³/mol. The molecule has 3 N–H and O–H groups in total. The van der Waals surface area contributed by atoms with Crippen molar-refractivity contribution in [2.45, 2.75) is 44.0 Å². The molecule has 1 saturated heterocycles. The van der Waals surface area contributed by atoms with Gasteiger partial charge in [-0.1, -0.05) is 23.2 Å². The Bertz CT molecular complexity index is 1290. The number of aromatic nitrogens is 2. The van der Waals surface area contributed by atoms with Crippen LogP contribution in [0.5, 0.6) is 5.75 Å². The van der Waals surface area contributed by atoms with Crippen molar-refractivity contribution in [3.63, 3.8) is 0 Å². The highest BCUT2D eigenvalue weighted by atomic mass is 35.5. The van der Waals surface area contributed by atoms with Crippen LogP contribution in [0, 0.1) is 0 Å².